The third-order valence-corrected chi connectivity index (χ3v) is 3.48. The minimum Gasteiger partial charge on any atom is -0.497 e. The normalized spacial score (nSPS) is 16.5. The summed E-state index contributed by atoms with van der Waals surface area (Å²) in [6, 6.07) is 9.27. The first-order chi connectivity index (χ1) is 10.3. The number of anilines is 1. The van der Waals surface area contributed by atoms with E-state index in [1.165, 1.54) is 0 Å². The van der Waals surface area contributed by atoms with Crippen molar-refractivity contribution in [2.75, 3.05) is 19.0 Å². The Morgan fingerprint density at radius 1 is 1.43 bits per heavy atom. The van der Waals surface area contributed by atoms with Crippen molar-refractivity contribution in [2.45, 2.75) is 6.42 Å². The van der Waals surface area contributed by atoms with Crippen LogP contribution in [-0.4, -0.2) is 24.6 Å². The molecule has 108 valence electrons. The second kappa shape index (κ2) is 5.83. The van der Waals surface area contributed by atoms with Crippen LogP contribution in [0.1, 0.15) is 5.56 Å². The predicted octanol–water partition coefficient (Wildman–Crippen LogP) is 2.28. The summed E-state index contributed by atoms with van der Waals surface area (Å²) < 4.78 is 10.8. The maximum absolute atomic E-state index is 12.3. The van der Waals surface area contributed by atoms with Crippen molar-refractivity contribution in [1.82, 2.24) is 4.98 Å². The molecule has 1 aromatic carbocycles. The molecule has 0 bridgehead atoms. The quantitative estimate of drug-likeness (QED) is 0.939. The van der Waals surface area contributed by atoms with E-state index in [0.29, 0.717) is 18.7 Å². The van der Waals surface area contributed by atoms with E-state index in [1.807, 2.05) is 24.3 Å². The minimum atomic E-state index is -0.203. The van der Waals surface area contributed by atoms with Crippen molar-refractivity contribution < 1.29 is 14.3 Å². The topological polar surface area (TPSA) is 60.5 Å². The molecular formula is C16H16N2O3. The fraction of sp³-hybridized carbons (Fsp3) is 0.250. The maximum atomic E-state index is 12.3. The molecule has 0 saturated heterocycles. The largest absolute Gasteiger partial charge is 0.497 e. The van der Waals surface area contributed by atoms with E-state index < -0.39 is 0 Å². The summed E-state index contributed by atoms with van der Waals surface area (Å²) in [4.78, 5) is 16.2. The van der Waals surface area contributed by atoms with Crippen LogP contribution in [0.5, 0.6) is 11.5 Å². The number of nitrogens with one attached hydrogen (secondary N) is 1. The fourth-order valence-corrected chi connectivity index (χ4v) is 2.33. The highest BCUT2D eigenvalue weighted by molar-refractivity contribution is 5.92. The van der Waals surface area contributed by atoms with Gasteiger partial charge in [0.1, 0.15) is 18.1 Å². The zero-order valence-corrected chi connectivity index (χ0v) is 11.7. The van der Waals surface area contributed by atoms with Gasteiger partial charge in [0.15, 0.2) is 0 Å². The standard InChI is InChI=1S/C16H16N2O3/c1-20-14-5-4-11-7-12(10-21-15(11)8-14)16(19)18-13-3-2-6-17-9-13/h2-6,8-9,12H,7,10H2,1H3,(H,18,19)/t12-/m0/s1. The summed E-state index contributed by atoms with van der Waals surface area (Å²) in [7, 11) is 1.62. The van der Waals surface area contributed by atoms with Gasteiger partial charge in [-0.1, -0.05) is 6.07 Å². The zero-order chi connectivity index (χ0) is 14.7. The number of fused-ring (bicyclic) bond motifs is 1. The van der Waals surface area contributed by atoms with Gasteiger partial charge in [-0.15, -0.1) is 0 Å². The lowest BCUT2D eigenvalue weighted by Crippen LogP contribution is -2.32. The molecule has 1 N–H and O–H groups in total. The molecule has 2 heterocycles. The Hall–Kier alpha value is -2.56. The van der Waals surface area contributed by atoms with Crippen LogP contribution in [0.3, 0.4) is 0 Å². The predicted molar refractivity (Wildman–Crippen MR) is 78.5 cm³/mol. The number of ether oxygens (including phenoxy) is 2. The third-order valence-electron chi connectivity index (χ3n) is 3.48. The molecule has 5 nitrogen and oxygen atoms in total. The lowest BCUT2D eigenvalue weighted by Gasteiger charge is -2.24. The van der Waals surface area contributed by atoms with Gasteiger partial charge in [0.2, 0.25) is 5.91 Å². The Morgan fingerprint density at radius 3 is 3.10 bits per heavy atom. The monoisotopic (exact) mass is 284 g/mol. The maximum Gasteiger partial charge on any atom is 0.231 e. The molecule has 0 fully saturated rings. The van der Waals surface area contributed by atoms with Gasteiger partial charge in [0.25, 0.3) is 0 Å². The number of nitrogens with zero attached hydrogens (tertiary/aromatic N) is 1. The first-order valence-corrected chi connectivity index (χ1v) is 6.77. The first-order valence-electron chi connectivity index (χ1n) is 6.77. The van der Waals surface area contributed by atoms with Crippen molar-refractivity contribution in [2.24, 2.45) is 5.92 Å². The number of benzene rings is 1. The fourth-order valence-electron chi connectivity index (χ4n) is 2.33. The number of hydrogen-bond acceptors (Lipinski definition) is 4. The number of aromatic nitrogens is 1. The molecule has 0 unspecified atom stereocenters. The number of amides is 1. The molecule has 1 atom stereocenters. The van der Waals surface area contributed by atoms with Crippen LogP contribution in [0.15, 0.2) is 42.7 Å². The molecule has 1 amide bonds. The molecule has 0 aliphatic carbocycles. The number of hydrogen-bond donors (Lipinski definition) is 1. The van der Waals surface area contributed by atoms with Gasteiger partial charge in [-0.3, -0.25) is 9.78 Å². The van der Waals surface area contributed by atoms with Gasteiger partial charge in [0.05, 0.1) is 24.9 Å². The molecule has 2 aromatic rings. The summed E-state index contributed by atoms with van der Waals surface area (Å²) in [5.74, 6) is 1.29. The Balaban J connectivity index is 1.69. The lowest BCUT2D eigenvalue weighted by atomic mass is 9.96. The molecular weight excluding hydrogens is 268 g/mol. The van der Waals surface area contributed by atoms with Gasteiger partial charge in [0, 0.05) is 12.3 Å². The van der Waals surface area contributed by atoms with Crippen molar-refractivity contribution in [3.63, 3.8) is 0 Å². The summed E-state index contributed by atoms with van der Waals surface area (Å²) in [6.45, 7) is 0.367. The average Bonchev–Trinajstić information content (AvgIpc) is 2.54. The SMILES string of the molecule is COc1ccc2c(c1)OC[C@@H](C(=O)Nc1cccnc1)C2. The van der Waals surface area contributed by atoms with Gasteiger partial charge in [-0.25, -0.2) is 0 Å². The van der Waals surface area contributed by atoms with Crippen LogP contribution < -0.4 is 14.8 Å². The van der Waals surface area contributed by atoms with Crippen LogP contribution in [0.4, 0.5) is 5.69 Å². The van der Waals surface area contributed by atoms with E-state index in [1.54, 1.807) is 25.6 Å². The molecule has 21 heavy (non-hydrogen) atoms. The number of pyridine rings is 1. The molecule has 0 radical (unpaired) electrons. The Bertz CT molecular complexity index is 643. The second-order valence-electron chi connectivity index (χ2n) is 4.92. The summed E-state index contributed by atoms with van der Waals surface area (Å²) in [5, 5.41) is 2.86. The Labute approximate surface area is 122 Å². The van der Waals surface area contributed by atoms with Crippen LogP contribution in [0, 0.1) is 5.92 Å². The number of carbonyl (C=O) groups is 1. The highest BCUT2D eigenvalue weighted by Gasteiger charge is 2.26. The van der Waals surface area contributed by atoms with E-state index in [0.717, 1.165) is 17.1 Å². The summed E-state index contributed by atoms with van der Waals surface area (Å²) in [6.07, 6.45) is 3.95. The summed E-state index contributed by atoms with van der Waals surface area (Å²) >= 11 is 0. The third kappa shape index (κ3) is 2.97. The highest BCUT2D eigenvalue weighted by atomic mass is 16.5. The Kier molecular flexibility index (Phi) is 3.73. The van der Waals surface area contributed by atoms with Crippen LogP contribution in [0.25, 0.3) is 0 Å². The van der Waals surface area contributed by atoms with Gasteiger partial charge >= 0.3 is 0 Å². The smallest absolute Gasteiger partial charge is 0.231 e. The van der Waals surface area contributed by atoms with Crippen LogP contribution in [0.2, 0.25) is 0 Å². The van der Waals surface area contributed by atoms with Gasteiger partial charge in [-0.05, 0) is 30.2 Å². The Morgan fingerprint density at radius 2 is 2.33 bits per heavy atom. The molecule has 0 spiro atoms. The van der Waals surface area contributed by atoms with E-state index in [-0.39, 0.29) is 11.8 Å². The number of rotatable bonds is 3. The van der Waals surface area contributed by atoms with Crippen molar-refractivity contribution in [1.29, 1.82) is 0 Å². The van der Waals surface area contributed by atoms with E-state index in [2.05, 4.69) is 10.3 Å². The minimum absolute atomic E-state index is 0.0514. The molecule has 1 aliphatic rings. The number of carbonyl (C=O) groups excluding carboxylic acids is 1. The zero-order valence-electron chi connectivity index (χ0n) is 11.7. The molecule has 0 saturated carbocycles. The van der Waals surface area contributed by atoms with E-state index in [9.17, 15) is 4.79 Å². The molecule has 1 aliphatic heterocycles. The molecule has 1 aromatic heterocycles. The highest BCUT2D eigenvalue weighted by Crippen LogP contribution is 2.31. The van der Waals surface area contributed by atoms with Gasteiger partial charge < -0.3 is 14.8 Å². The first kappa shape index (κ1) is 13.4. The molecule has 3 rings (SSSR count). The summed E-state index contributed by atoms with van der Waals surface area (Å²) in [5.41, 5.74) is 1.72. The van der Waals surface area contributed by atoms with Crippen molar-refractivity contribution in [3.05, 3.63) is 48.3 Å². The van der Waals surface area contributed by atoms with Crippen LogP contribution >= 0.6 is 0 Å². The van der Waals surface area contributed by atoms with Crippen molar-refractivity contribution >= 4 is 11.6 Å². The van der Waals surface area contributed by atoms with Crippen LogP contribution in [-0.2, 0) is 11.2 Å². The second-order valence-corrected chi connectivity index (χ2v) is 4.92. The van der Waals surface area contributed by atoms with E-state index >= 15 is 0 Å². The van der Waals surface area contributed by atoms with E-state index in [4.69, 9.17) is 9.47 Å². The van der Waals surface area contributed by atoms with Gasteiger partial charge in [-0.2, -0.15) is 0 Å². The van der Waals surface area contributed by atoms with Crippen molar-refractivity contribution in [3.8, 4) is 11.5 Å². The lowest BCUT2D eigenvalue weighted by molar-refractivity contribution is -0.121. The number of methoxy groups -OCH3 is 1. The average molecular weight is 284 g/mol. The molecule has 5 heteroatoms.